The summed E-state index contributed by atoms with van der Waals surface area (Å²) in [4.78, 5) is 19.6. The predicted molar refractivity (Wildman–Crippen MR) is 63.5 cm³/mol. The Balaban J connectivity index is 2.20. The molecule has 94 valence electrons. The highest BCUT2D eigenvalue weighted by molar-refractivity contribution is 5.85. The van der Waals surface area contributed by atoms with Gasteiger partial charge in [-0.15, -0.1) is 0 Å². The average molecular weight is 247 g/mol. The van der Waals surface area contributed by atoms with E-state index in [1.165, 1.54) is 0 Å². The third kappa shape index (κ3) is 2.51. The number of hydrogen-bond acceptors (Lipinski definition) is 6. The Hall–Kier alpha value is -2.28. The van der Waals surface area contributed by atoms with Crippen LogP contribution in [0.4, 0.5) is 0 Å². The molecule has 2 aromatic heterocycles. The smallest absolute Gasteiger partial charge is 0.375 e. The van der Waals surface area contributed by atoms with Crippen molar-refractivity contribution in [1.82, 2.24) is 20.2 Å². The minimum Gasteiger partial charge on any atom is -0.460 e. The summed E-state index contributed by atoms with van der Waals surface area (Å²) in [5.41, 5.74) is 6.96. The third-order valence-electron chi connectivity index (χ3n) is 2.24. The number of hydrogen-bond donors (Lipinski definition) is 2. The molecule has 0 aliphatic heterocycles. The highest BCUT2D eigenvalue weighted by atomic mass is 16.5. The number of carbonyl (C=O) groups is 1. The number of rotatable bonds is 4. The highest BCUT2D eigenvalue weighted by Gasteiger charge is 2.14. The number of nitrogens with two attached hydrogens (primary N) is 1. The van der Waals surface area contributed by atoms with E-state index < -0.39 is 5.97 Å². The normalized spacial score (nSPS) is 10.3. The fourth-order valence-electron chi connectivity index (χ4n) is 1.34. The van der Waals surface area contributed by atoms with Crippen molar-refractivity contribution in [3.8, 4) is 11.5 Å². The van der Waals surface area contributed by atoms with E-state index in [0.29, 0.717) is 18.1 Å². The number of aromatic amines is 1. The molecular weight excluding hydrogens is 234 g/mol. The molecular formula is C11H13N5O2. The van der Waals surface area contributed by atoms with Crippen LogP contribution in [0.1, 0.15) is 23.1 Å². The molecule has 7 nitrogen and oxygen atoms in total. The molecule has 0 aliphatic rings. The van der Waals surface area contributed by atoms with Gasteiger partial charge in [-0.25, -0.2) is 4.79 Å². The molecule has 7 heteroatoms. The Labute approximate surface area is 103 Å². The molecule has 0 fully saturated rings. The lowest BCUT2D eigenvalue weighted by molar-refractivity contribution is 0.0512. The van der Waals surface area contributed by atoms with Crippen LogP contribution in [0.2, 0.25) is 0 Å². The lowest BCUT2D eigenvalue weighted by Gasteiger charge is -1.97. The molecule has 0 atom stereocenters. The van der Waals surface area contributed by atoms with E-state index in [1.807, 2.05) is 6.07 Å². The van der Waals surface area contributed by atoms with Gasteiger partial charge >= 0.3 is 5.97 Å². The molecule has 0 unspecified atom stereocenters. The van der Waals surface area contributed by atoms with Crippen molar-refractivity contribution in [2.75, 3.05) is 6.61 Å². The number of ether oxygens (including phenoxy) is 1. The quantitative estimate of drug-likeness (QED) is 0.762. The van der Waals surface area contributed by atoms with Crippen LogP contribution in [-0.2, 0) is 11.3 Å². The Morgan fingerprint density at radius 1 is 1.50 bits per heavy atom. The van der Waals surface area contributed by atoms with Crippen molar-refractivity contribution in [2.24, 2.45) is 5.73 Å². The van der Waals surface area contributed by atoms with Crippen molar-refractivity contribution >= 4 is 5.97 Å². The van der Waals surface area contributed by atoms with Crippen LogP contribution in [0.3, 0.4) is 0 Å². The van der Waals surface area contributed by atoms with Gasteiger partial charge < -0.3 is 10.5 Å². The Bertz CT molecular complexity index is 535. The van der Waals surface area contributed by atoms with Crippen LogP contribution in [0, 0.1) is 0 Å². The number of aromatic nitrogens is 4. The van der Waals surface area contributed by atoms with E-state index >= 15 is 0 Å². The van der Waals surface area contributed by atoms with Gasteiger partial charge in [0.1, 0.15) is 5.69 Å². The van der Waals surface area contributed by atoms with Gasteiger partial charge in [-0.2, -0.15) is 10.1 Å². The summed E-state index contributed by atoms with van der Waals surface area (Å²) >= 11 is 0. The van der Waals surface area contributed by atoms with Crippen LogP contribution >= 0.6 is 0 Å². The summed E-state index contributed by atoms with van der Waals surface area (Å²) in [5, 5.41) is 6.43. The van der Waals surface area contributed by atoms with Gasteiger partial charge in [0.05, 0.1) is 6.61 Å². The molecule has 0 saturated carbocycles. The molecule has 0 aliphatic carbocycles. The first-order valence-corrected chi connectivity index (χ1v) is 5.49. The standard InChI is InChI=1S/C11H13N5O2/c1-2-18-11(17)10-14-9(15-16-10)8-4-3-7(5-12)6-13-8/h3-4,6H,2,5,12H2,1H3,(H,14,15,16). The summed E-state index contributed by atoms with van der Waals surface area (Å²) < 4.78 is 4.80. The molecule has 0 aromatic carbocycles. The number of pyridine rings is 1. The van der Waals surface area contributed by atoms with Crippen molar-refractivity contribution in [3.05, 3.63) is 29.7 Å². The SMILES string of the molecule is CCOC(=O)c1nc(-c2ccc(CN)cn2)n[nH]1. The molecule has 0 saturated heterocycles. The maximum Gasteiger partial charge on any atom is 0.375 e. The predicted octanol–water partition coefficient (Wildman–Crippen LogP) is 0.502. The second kappa shape index (κ2) is 5.37. The molecule has 0 amide bonds. The summed E-state index contributed by atoms with van der Waals surface area (Å²) in [6.07, 6.45) is 1.65. The maximum atomic E-state index is 11.4. The van der Waals surface area contributed by atoms with E-state index in [1.54, 1.807) is 19.2 Å². The molecule has 3 N–H and O–H groups in total. The summed E-state index contributed by atoms with van der Waals surface area (Å²) in [5.74, 6) is -0.118. The van der Waals surface area contributed by atoms with Crippen molar-refractivity contribution in [1.29, 1.82) is 0 Å². The fraction of sp³-hybridized carbons (Fsp3) is 0.273. The van der Waals surface area contributed by atoms with Gasteiger partial charge in [0.25, 0.3) is 0 Å². The van der Waals surface area contributed by atoms with Gasteiger partial charge in [0.2, 0.25) is 5.82 Å². The average Bonchev–Trinajstić information content (AvgIpc) is 2.89. The van der Waals surface area contributed by atoms with Gasteiger partial charge in [-0.3, -0.25) is 10.1 Å². The lowest BCUT2D eigenvalue weighted by atomic mass is 10.2. The van der Waals surface area contributed by atoms with E-state index in [9.17, 15) is 4.79 Å². The molecule has 0 bridgehead atoms. The van der Waals surface area contributed by atoms with Gasteiger partial charge in [0, 0.05) is 12.7 Å². The first-order valence-electron chi connectivity index (χ1n) is 5.49. The largest absolute Gasteiger partial charge is 0.460 e. The monoisotopic (exact) mass is 247 g/mol. The zero-order valence-electron chi connectivity index (χ0n) is 9.88. The molecule has 18 heavy (non-hydrogen) atoms. The molecule has 2 heterocycles. The number of nitrogens with one attached hydrogen (secondary N) is 1. The third-order valence-corrected chi connectivity index (χ3v) is 2.24. The Kier molecular flexibility index (Phi) is 3.63. The topological polar surface area (TPSA) is 107 Å². The summed E-state index contributed by atoms with van der Waals surface area (Å²) in [6, 6.07) is 3.59. The fourth-order valence-corrected chi connectivity index (χ4v) is 1.34. The van der Waals surface area contributed by atoms with Gasteiger partial charge in [0.15, 0.2) is 5.82 Å². The summed E-state index contributed by atoms with van der Waals surface area (Å²) in [6.45, 7) is 2.44. The van der Waals surface area contributed by atoms with Crippen LogP contribution < -0.4 is 5.73 Å². The molecule has 0 spiro atoms. The van der Waals surface area contributed by atoms with E-state index in [2.05, 4.69) is 20.2 Å². The second-order valence-corrected chi connectivity index (χ2v) is 3.48. The second-order valence-electron chi connectivity index (χ2n) is 3.48. The minimum atomic E-state index is -0.533. The maximum absolute atomic E-state index is 11.4. The lowest BCUT2D eigenvalue weighted by Crippen LogP contribution is -2.06. The van der Waals surface area contributed by atoms with Crippen LogP contribution in [-0.4, -0.2) is 32.7 Å². The van der Waals surface area contributed by atoms with Crippen LogP contribution in [0.5, 0.6) is 0 Å². The first kappa shape index (κ1) is 12.2. The van der Waals surface area contributed by atoms with Gasteiger partial charge in [-0.1, -0.05) is 6.07 Å². The van der Waals surface area contributed by atoms with Gasteiger partial charge in [-0.05, 0) is 18.6 Å². The minimum absolute atomic E-state index is 0.0663. The summed E-state index contributed by atoms with van der Waals surface area (Å²) in [7, 11) is 0. The molecule has 2 aromatic rings. The van der Waals surface area contributed by atoms with Crippen molar-refractivity contribution < 1.29 is 9.53 Å². The molecule has 2 rings (SSSR count). The number of nitrogens with zero attached hydrogens (tertiary/aromatic N) is 3. The number of carbonyl (C=O) groups excluding carboxylic acids is 1. The highest BCUT2D eigenvalue weighted by Crippen LogP contribution is 2.12. The Morgan fingerprint density at radius 2 is 2.33 bits per heavy atom. The van der Waals surface area contributed by atoms with Crippen molar-refractivity contribution in [2.45, 2.75) is 13.5 Å². The first-order chi connectivity index (χ1) is 8.74. The van der Waals surface area contributed by atoms with E-state index in [4.69, 9.17) is 10.5 Å². The number of H-pyrrole nitrogens is 1. The van der Waals surface area contributed by atoms with Crippen LogP contribution in [0.15, 0.2) is 18.3 Å². The Morgan fingerprint density at radius 3 is 2.94 bits per heavy atom. The van der Waals surface area contributed by atoms with Crippen LogP contribution in [0.25, 0.3) is 11.5 Å². The molecule has 0 radical (unpaired) electrons. The van der Waals surface area contributed by atoms with E-state index in [0.717, 1.165) is 5.56 Å². The van der Waals surface area contributed by atoms with E-state index in [-0.39, 0.29) is 12.4 Å². The zero-order valence-corrected chi connectivity index (χ0v) is 9.88. The van der Waals surface area contributed by atoms with Crippen molar-refractivity contribution in [3.63, 3.8) is 0 Å². The zero-order chi connectivity index (χ0) is 13.0. The number of esters is 1.